The largest absolute Gasteiger partial charge is 0.481 e. The summed E-state index contributed by atoms with van der Waals surface area (Å²) in [7, 11) is 0. The molecule has 0 heterocycles. The van der Waals surface area contributed by atoms with E-state index in [2.05, 4.69) is 15.9 Å². The van der Waals surface area contributed by atoms with Crippen LogP contribution in [0.15, 0.2) is 16.6 Å². The number of carboxylic acid groups (broad SMARTS) is 1. The van der Waals surface area contributed by atoms with Crippen molar-refractivity contribution in [3.8, 4) is 0 Å². The highest BCUT2D eigenvalue weighted by Crippen LogP contribution is 2.27. The summed E-state index contributed by atoms with van der Waals surface area (Å²) in [5, 5.41) is 8.62. The fraction of sp³-hybridized carbons (Fsp3) is 0.417. The number of hydrogen-bond donors (Lipinski definition) is 2. The van der Waals surface area contributed by atoms with E-state index in [0.717, 1.165) is 21.2 Å². The highest BCUT2D eigenvalue weighted by atomic mass is 79.9. The molecule has 1 aromatic rings. The van der Waals surface area contributed by atoms with Gasteiger partial charge in [0.25, 0.3) is 0 Å². The van der Waals surface area contributed by atoms with Crippen molar-refractivity contribution < 1.29 is 9.90 Å². The van der Waals surface area contributed by atoms with Crippen LogP contribution in [0, 0.1) is 13.8 Å². The lowest BCUT2D eigenvalue weighted by molar-refractivity contribution is -0.137. The van der Waals surface area contributed by atoms with Gasteiger partial charge in [0, 0.05) is 16.9 Å². The monoisotopic (exact) mass is 285 g/mol. The average molecular weight is 286 g/mol. The van der Waals surface area contributed by atoms with Crippen LogP contribution in [0.3, 0.4) is 0 Å². The molecule has 88 valence electrons. The molecule has 4 heteroatoms. The quantitative estimate of drug-likeness (QED) is 0.894. The number of carbonyl (C=O) groups is 1. The molecular formula is C12H16BrNO2. The van der Waals surface area contributed by atoms with Crippen LogP contribution in [-0.4, -0.2) is 11.1 Å². The standard InChI is InChI=1S/C12H16BrNO2/c1-7-5-9(8(2)10(13)6-7)11(14)3-4-12(15)16/h5-6,11H,3-4,14H2,1-2H3,(H,15,16). The number of benzene rings is 1. The van der Waals surface area contributed by atoms with Gasteiger partial charge in [-0.05, 0) is 43.0 Å². The Hall–Kier alpha value is -0.870. The minimum Gasteiger partial charge on any atom is -0.481 e. The average Bonchev–Trinajstić information content (AvgIpc) is 2.19. The molecule has 0 saturated heterocycles. The molecule has 3 nitrogen and oxygen atoms in total. The summed E-state index contributed by atoms with van der Waals surface area (Å²) in [5.41, 5.74) is 9.23. The van der Waals surface area contributed by atoms with Crippen molar-refractivity contribution in [2.45, 2.75) is 32.7 Å². The van der Waals surface area contributed by atoms with E-state index in [1.807, 2.05) is 26.0 Å². The topological polar surface area (TPSA) is 63.3 Å². The number of aliphatic carboxylic acids is 1. The number of rotatable bonds is 4. The summed E-state index contributed by atoms with van der Waals surface area (Å²) in [4.78, 5) is 10.5. The molecule has 0 bridgehead atoms. The molecule has 16 heavy (non-hydrogen) atoms. The molecule has 1 rings (SSSR count). The maximum absolute atomic E-state index is 10.5. The molecule has 0 aliphatic heterocycles. The lowest BCUT2D eigenvalue weighted by Gasteiger charge is -2.16. The Bertz CT molecular complexity index is 404. The molecule has 0 amide bonds. The van der Waals surface area contributed by atoms with Crippen LogP contribution in [0.1, 0.15) is 35.6 Å². The first-order valence-electron chi connectivity index (χ1n) is 5.16. The van der Waals surface area contributed by atoms with E-state index in [-0.39, 0.29) is 12.5 Å². The maximum atomic E-state index is 10.5. The first-order valence-corrected chi connectivity index (χ1v) is 5.95. The minimum atomic E-state index is -0.806. The van der Waals surface area contributed by atoms with Crippen LogP contribution < -0.4 is 5.73 Å². The second-order valence-electron chi connectivity index (χ2n) is 4.00. The molecule has 0 radical (unpaired) electrons. The van der Waals surface area contributed by atoms with Gasteiger partial charge in [-0.25, -0.2) is 0 Å². The van der Waals surface area contributed by atoms with Crippen molar-refractivity contribution in [3.05, 3.63) is 33.3 Å². The van der Waals surface area contributed by atoms with Gasteiger partial charge in [0.15, 0.2) is 0 Å². The Labute approximate surface area is 104 Å². The van der Waals surface area contributed by atoms with E-state index in [9.17, 15) is 4.79 Å². The molecule has 0 saturated carbocycles. The van der Waals surface area contributed by atoms with Gasteiger partial charge in [-0.2, -0.15) is 0 Å². The molecule has 1 unspecified atom stereocenters. The van der Waals surface area contributed by atoms with Crippen molar-refractivity contribution in [1.29, 1.82) is 0 Å². The Morgan fingerprint density at radius 3 is 2.69 bits per heavy atom. The van der Waals surface area contributed by atoms with E-state index in [4.69, 9.17) is 10.8 Å². The van der Waals surface area contributed by atoms with Crippen LogP contribution in [0.25, 0.3) is 0 Å². The summed E-state index contributed by atoms with van der Waals surface area (Å²) in [6.07, 6.45) is 0.568. The van der Waals surface area contributed by atoms with Gasteiger partial charge in [-0.1, -0.05) is 22.0 Å². The minimum absolute atomic E-state index is 0.103. The predicted octanol–water partition coefficient (Wildman–Crippen LogP) is 2.93. The fourth-order valence-electron chi connectivity index (χ4n) is 1.66. The number of nitrogens with two attached hydrogens (primary N) is 1. The third-order valence-corrected chi connectivity index (χ3v) is 3.42. The Balaban J connectivity index is 2.90. The molecule has 0 fully saturated rings. The summed E-state index contributed by atoms with van der Waals surface area (Å²) in [6.45, 7) is 3.98. The van der Waals surface area contributed by atoms with Crippen molar-refractivity contribution >= 4 is 21.9 Å². The molecule has 1 atom stereocenters. The maximum Gasteiger partial charge on any atom is 0.303 e. The SMILES string of the molecule is Cc1cc(Br)c(C)c(C(N)CCC(=O)O)c1. The first-order chi connectivity index (χ1) is 7.41. The zero-order valence-corrected chi connectivity index (χ0v) is 11.0. The Kier molecular flexibility index (Phi) is 4.50. The molecular weight excluding hydrogens is 270 g/mol. The van der Waals surface area contributed by atoms with Crippen molar-refractivity contribution in [2.75, 3.05) is 0 Å². The Morgan fingerprint density at radius 1 is 1.50 bits per heavy atom. The van der Waals surface area contributed by atoms with Gasteiger partial charge < -0.3 is 10.8 Å². The van der Waals surface area contributed by atoms with Crippen LogP contribution in [0.2, 0.25) is 0 Å². The third kappa shape index (κ3) is 3.32. The number of hydrogen-bond acceptors (Lipinski definition) is 2. The zero-order chi connectivity index (χ0) is 12.3. The summed E-state index contributed by atoms with van der Waals surface area (Å²) in [6, 6.07) is 3.84. The summed E-state index contributed by atoms with van der Waals surface area (Å²) in [5.74, 6) is -0.806. The molecule has 0 aromatic heterocycles. The van der Waals surface area contributed by atoms with Crippen molar-refractivity contribution in [2.24, 2.45) is 5.73 Å². The molecule has 0 spiro atoms. The lowest BCUT2D eigenvalue weighted by atomic mass is 9.96. The van der Waals surface area contributed by atoms with Gasteiger partial charge in [0.2, 0.25) is 0 Å². The van der Waals surface area contributed by atoms with Gasteiger partial charge in [0.05, 0.1) is 0 Å². The molecule has 0 aliphatic rings. The highest BCUT2D eigenvalue weighted by molar-refractivity contribution is 9.10. The second-order valence-corrected chi connectivity index (χ2v) is 4.85. The van der Waals surface area contributed by atoms with E-state index in [1.165, 1.54) is 0 Å². The molecule has 1 aromatic carbocycles. The van der Waals surface area contributed by atoms with E-state index >= 15 is 0 Å². The lowest BCUT2D eigenvalue weighted by Crippen LogP contribution is -2.14. The van der Waals surface area contributed by atoms with E-state index in [1.54, 1.807) is 0 Å². The fourth-order valence-corrected chi connectivity index (χ4v) is 2.25. The number of carboxylic acids is 1. The van der Waals surface area contributed by atoms with Crippen molar-refractivity contribution in [1.82, 2.24) is 0 Å². The number of halogens is 1. The molecule has 0 aliphatic carbocycles. The third-order valence-electron chi connectivity index (χ3n) is 2.60. The van der Waals surface area contributed by atoms with Crippen LogP contribution in [-0.2, 0) is 4.79 Å². The smallest absolute Gasteiger partial charge is 0.303 e. The van der Waals surface area contributed by atoms with Gasteiger partial charge >= 0.3 is 5.97 Å². The van der Waals surface area contributed by atoms with Crippen LogP contribution >= 0.6 is 15.9 Å². The van der Waals surface area contributed by atoms with Crippen LogP contribution in [0.4, 0.5) is 0 Å². The molecule has 3 N–H and O–H groups in total. The number of aryl methyl sites for hydroxylation is 1. The van der Waals surface area contributed by atoms with Gasteiger partial charge in [-0.15, -0.1) is 0 Å². The predicted molar refractivity (Wildman–Crippen MR) is 67.4 cm³/mol. The summed E-state index contributed by atoms with van der Waals surface area (Å²) < 4.78 is 1.02. The normalized spacial score (nSPS) is 12.5. The van der Waals surface area contributed by atoms with E-state index in [0.29, 0.717) is 6.42 Å². The zero-order valence-electron chi connectivity index (χ0n) is 9.46. The van der Waals surface area contributed by atoms with Gasteiger partial charge in [-0.3, -0.25) is 4.79 Å². The van der Waals surface area contributed by atoms with E-state index < -0.39 is 5.97 Å². The van der Waals surface area contributed by atoms with Gasteiger partial charge in [0.1, 0.15) is 0 Å². The van der Waals surface area contributed by atoms with Crippen LogP contribution in [0.5, 0.6) is 0 Å². The second kappa shape index (κ2) is 5.46. The highest BCUT2D eigenvalue weighted by Gasteiger charge is 2.13. The Morgan fingerprint density at radius 2 is 2.12 bits per heavy atom. The first kappa shape index (κ1) is 13.2. The van der Waals surface area contributed by atoms with Crippen molar-refractivity contribution in [3.63, 3.8) is 0 Å². The summed E-state index contributed by atoms with van der Waals surface area (Å²) >= 11 is 3.47.